The Kier molecular flexibility index (Phi) is 17.0. The molecule has 0 saturated carbocycles. The molecular weight excluding hydrogens is 869 g/mol. The van der Waals surface area contributed by atoms with Crippen molar-refractivity contribution in [2.45, 2.75) is 37.5 Å². The van der Waals surface area contributed by atoms with Crippen molar-refractivity contribution in [3.63, 3.8) is 0 Å². The van der Waals surface area contributed by atoms with Gasteiger partial charge >= 0.3 is 0 Å². The fraction of sp³-hybridized carbons (Fsp3) is 0.400. The number of hydrogen-bond donors (Lipinski definition) is 6. The van der Waals surface area contributed by atoms with E-state index in [9.17, 15) is 47.4 Å². The maximum absolute atomic E-state index is 13.5. The second-order valence-corrected chi connectivity index (χ2v) is 15.3. The van der Waals surface area contributed by atoms with Gasteiger partial charge in [-0.15, -0.1) is 0 Å². The maximum Gasteiger partial charge on any atom is 0.268 e. The van der Waals surface area contributed by atoms with Gasteiger partial charge in [0.1, 0.15) is 23.6 Å². The lowest BCUT2D eigenvalue weighted by Crippen LogP contribution is -2.52. The fourth-order valence-electron chi connectivity index (χ4n) is 7.31. The van der Waals surface area contributed by atoms with Crippen LogP contribution in [0.15, 0.2) is 60.7 Å². The number of H-pyrrole nitrogens is 1. The van der Waals surface area contributed by atoms with Crippen LogP contribution in [0.4, 0.5) is 20.2 Å². The maximum atomic E-state index is 13.5. The zero-order valence-electron chi connectivity index (χ0n) is 36.1. The molecule has 1 aromatic heterocycles. The number of aromatic nitrogens is 1. The zero-order chi connectivity index (χ0) is 47.2. The first-order valence-corrected chi connectivity index (χ1v) is 21.2. The number of hydrogen-bond acceptors (Lipinski definition) is 13. The van der Waals surface area contributed by atoms with E-state index in [0.717, 1.165) is 17.0 Å². The van der Waals surface area contributed by atoms with E-state index < -0.39 is 46.9 Å². The summed E-state index contributed by atoms with van der Waals surface area (Å²) >= 11 is 0. The monoisotopic (exact) mass is 919 g/mol. The number of benzene rings is 3. The molecule has 0 aliphatic carbocycles. The molecule has 6 rings (SSSR count). The minimum absolute atomic E-state index is 0.00304. The van der Waals surface area contributed by atoms with Crippen LogP contribution in [-0.2, 0) is 44.7 Å². The Morgan fingerprint density at radius 1 is 0.818 bits per heavy atom. The number of fused-ring (bicyclic) bond motifs is 2. The van der Waals surface area contributed by atoms with Crippen LogP contribution in [0, 0.1) is 11.6 Å². The number of imide groups is 1. The summed E-state index contributed by atoms with van der Waals surface area (Å²) in [5.41, 5.74) is 0.0336. The highest BCUT2D eigenvalue weighted by Crippen LogP contribution is 2.32. The number of aldehydes is 1. The lowest BCUT2D eigenvalue weighted by atomic mass is 10.0. The van der Waals surface area contributed by atoms with Gasteiger partial charge in [-0.1, -0.05) is 0 Å². The van der Waals surface area contributed by atoms with Gasteiger partial charge in [0.2, 0.25) is 11.5 Å². The molecule has 4 aromatic rings. The number of carbonyl (C=O) groups excluding carboxylic acids is 7. The molecule has 1 fully saturated rings. The third-order valence-corrected chi connectivity index (χ3v) is 10.8. The number of anilines is 2. The van der Waals surface area contributed by atoms with E-state index in [2.05, 4.69) is 26.3 Å². The molecule has 352 valence electrons. The van der Waals surface area contributed by atoms with E-state index in [-0.39, 0.29) is 79.7 Å². The fourth-order valence-corrected chi connectivity index (χ4v) is 7.31. The van der Waals surface area contributed by atoms with Gasteiger partial charge in [-0.05, 0) is 66.6 Å². The van der Waals surface area contributed by atoms with Gasteiger partial charge in [-0.2, -0.15) is 0 Å². The lowest BCUT2D eigenvalue weighted by Gasteiger charge is -2.22. The molecule has 0 radical (unpaired) electrons. The minimum Gasteiger partial charge on any atom is -0.383 e. The summed E-state index contributed by atoms with van der Waals surface area (Å²) in [6, 6.07) is 13.0. The van der Waals surface area contributed by atoms with Gasteiger partial charge in [0.15, 0.2) is 0 Å². The third-order valence-electron chi connectivity index (χ3n) is 10.8. The minimum atomic E-state index is -2.37. The summed E-state index contributed by atoms with van der Waals surface area (Å²) < 4.78 is 49.2. The summed E-state index contributed by atoms with van der Waals surface area (Å²) in [6.07, 6.45) is 0.329. The molecule has 3 heterocycles. The highest BCUT2D eigenvalue weighted by atomic mass is 19.1. The van der Waals surface area contributed by atoms with Crippen LogP contribution in [0.2, 0.25) is 0 Å². The molecule has 3 aromatic carbocycles. The lowest BCUT2D eigenvalue weighted by molar-refractivity contribution is -0.149. The van der Waals surface area contributed by atoms with Crippen molar-refractivity contribution in [1.29, 1.82) is 0 Å². The van der Waals surface area contributed by atoms with E-state index in [1.165, 1.54) is 18.0 Å². The number of nitrogens with zero attached hydrogens (tertiary/aromatic N) is 2. The van der Waals surface area contributed by atoms with Gasteiger partial charge in [0, 0.05) is 74.4 Å². The number of ether oxygens (including phenoxy) is 4. The number of rotatable bonds is 26. The molecule has 21 heteroatoms. The third kappa shape index (κ3) is 12.2. The van der Waals surface area contributed by atoms with Crippen LogP contribution in [0.1, 0.15) is 56.0 Å². The number of carbonyl (C=O) groups is 7. The van der Waals surface area contributed by atoms with Crippen molar-refractivity contribution in [1.82, 2.24) is 25.8 Å². The summed E-state index contributed by atoms with van der Waals surface area (Å²) in [7, 11) is 1.46. The molecule has 6 amide bonds. The number of amides is 6. The van der Waals surface area contributed by atoms with E-state index in [4.69, 9.17) is 18.9 Å². The van der Waals surface area contributed by atoms with Gasteiger partial charge in [0.05, 0.1) is 70.0 Å². The molecule has 6 N–H and O–H groups in total. The molecule has 2 unspecified atom stereocenters. The van der Waals surface area contributed by atoms with Crippen LogP contribution in [0.25, 0.3) is 10.9 Å². The SMILES string of the molecule is CNC(=O)CCC(C=O)N1C(=O)c2ccc(NCCOCCOCCOCCOCCNC(=O)c3cc4cc(N5CCC(O)(C(=O)NCc6cc(F)cc(F)c6)C5=O)ccc4[nH]3)cc2C1=O. The Bertz CT molecular complexity index is 2410. The van der Waals surface area contributed by atoms with E-state index >= 15 is 0 Å². The predicted molar refractivity (Wildman–Crippen MR) is 233 cm³/mol. The summed E-state index contributed by atoms with van der Waals surface area (Å²) in [5.74, 6) is -5.31. The molecule has 19 nitrogen and oxygen atoms in total. The molecule has 2 aliphatic rings. The Morgan fingerprint density at radius 3 is 2.14 bits per heavy atom. The highest BCUT2D eigenvalue weighted by Gasteiger charge is 2.51. The molecule has 66 heavy (non-hydrogen) atoms. The van der Waals surface area contributed by atoms with Gasteiger partial charge in [-0.25, -0.2) is 8.78 Å². The summed E-state index contributed by atoms with van der Waals surface area (Å²) in [4.78, 5) is 93.2. The standard InChI is InChI=1S/C45H51F2N7O12/c1-48-39(56)7-4-34(27-55)54-41(58)35-5-2-32(25-36(35)42(54)59)49-9-12-63-14-16-65-18-19-66-17-15-64-13-10-50-40(57)38-23-29-22-33(3-6-37(29)52-38)53-11-8-45(62,44(53)61)43(60)51-26-28-20-30(46)24-31(47)21-28/h2-3,5-6,20-25,27,34,49,52,62H,4,7-19,26H2,1H3,(H,48,56)(H,50,57)(H,51,60). The Morgan fingerprint density at radius 2 is 1.47 bits per heavy atom. The van der Waals surface area contributed by atoms with Gasteiger partial charge in [-0.3, -0.25) is 33.7 Å². The van der Waals surface area contributed by atoms with Crippen LogP contribution in [0.3, 0.4) is 0 Å². The Labute approximate surface area is 377 Å². The molecule has 2 aliphatic heterocycles. The average molecular weight is 920 g/mol. The quantitative estimate of drug-likeness (QED) is 0.0228. The van der Waals surface area contributed by atoms with E-state index in [0.29, 0.717) is 87.4 Å². The average Bonchev–Trinajstić information content (AvgIpc) is 3.95. The van der Waals surface area contributed by atoms with Crippen molar-refractivity contribution in [3.05, 3.63) is 94.7 Å². The summed E-state index contributed by atoms with van der Waals surface area (Å²) in [6.45, 7) is 2.95. The van der Waals surface area contributed by atoms with E-state index in [1.807, 2.05) is 0 Å². The predicted octanol–water partition coefficient (Wildman–Crippen LogP) is 1.83. The van der Waals surface area contributed by atoms with Crippen molar-refractivity contribution in [3.8, 4) is 0 Å². The number of halogens is 2. The van der Waals surface area contributed by atoms with Crippen LogP contribution < -0.4 is 26.2 Å². The van der Waals surface area contributed by atoms with E-state index in [1.54, 1.807) is 36.4 Å². The van der Waals surface area contributed by atoms with Crippen LogP contribution >= 0.6 is 0 Å². The zero-order valence-corrected chi connectivity index (χ0v) is 36.1. The van der Waals surface area contributed by atoms with Crippen molar-refractivity contribution in [2.24, 2.45) is 0 Å². The smallest absolute Gasteiger partial charge is 0.268 e. The first-order valence-electron chi connectivity index (χ1n) is 21.2. The Hall–Kier alpha value is -6.65. The second kappa shape index (κ2) is 23.0. The summed E-state index contributed by atoms with van der Waals surface area (Å²) in [5, 5.41) is 22.3. The van der Waals surface area contributed by atoms with Crippen LogP contribution in [-0.4, -0.2) is 148 Å². The van der Waals surface area contributed by atoms with Crippen molar-refractivity contribution in [2.75, 3.05) is 89.8 Å². The van der Waals surface area contributed by atoms with Crippen molar-refractivity contribution < 1.29 is 66.4 Å². The Balaban J connectivity index is 0.785. The molecule has 0 spiro atoms. The largest absolute Gasteiger partial charge is 0.383 e. The first-order chi connectivity index (χ1) is 31.8. The normalized spacial score (nSPS) is 16.2. The van der Waals surface area contributed by atoms with Crippen molar-refractivity contribution >= 4 is 64.0 Å². The number of nitrogens with one attached hydrogen (secondary N) is 5. The second-order valence-electron chi connectivity index (χ2n) is 15.3. The molecule has 0 bridgehead atoms. The van der Waals surface area contributed by atoms with Crippen LogP contribution in [0.5, 0.6) is 0 Å². The highest BCUT2D eigenvalue weighted by molar-refractivity contribution is 6.22. The molecule has 2 atom stereocenters. The number of aliphatic hydroxyl groups is 1. The number of aromatic amines is 1. The molecular formula is C45H51F2N7O12. The molecule has 1 saturated heterocycles. The van der Waals surface area contributed by atoms with Gasteiger partial charge < -0.3 is 60.0 Å². The van der Waals surface area contributed by atoms with Gasteiger partial charge in [0.25, 0.3) is 29.5 Å². The first kappa shape index (κ1) is 48.8. The topological polar surface area (TPSA) is 247 Å².